The second-order valence-corrected chi connectivity index (χ2v) is 7.25. The van der Waals surface area contributed by atoms with Gasteiger partial charge in [0.1, 0.15) is 5.52 Å². The molecule has 4 rings (SSSR count). The van der Waals surface area contributed by atoms with Crippen molar-refractivity contribution in [3.8, 4) is 0 Å². The summed E-state index contributed by atoms with van der Waals surface area (Å²) in [5.74, 6) is 0.258. The largest absolute Gasteiger partial charge is 0.440 e. The zero-order chi connectivity index (χ0) is 19.9. The molecule has 28 heavy (non-hydrogen) atoms. The van der Waals surface area contributed by atoms with E-state index in [1.165, 1.54) is 12.1 Å². The van der Waals surface area contributed by atoms with Gasteiger partial charge in [0.25, 0.3) is 5.91 Å². The van der Waals surface area contributed by atoms with Crippen LogP contribution >= 0.6 is 11.6 Å². The molecule has 0 atom stereocenters. The standard InChI is InChI=1S/C20H16ClF3N2O2/c21-15-4-5-17-16(11-15)25-18(28-17)12-6-8-26(9-7-12)19(27)13-2-1-3-14(10-13)20(22,23)24/h1-5,10-12H,6-9H2. The number of carbonyl (C=O) groups excluding carboxylic acids is 1. The number of alkyl halides is 3. The van der Waals surface area contributed by atoms with Crippen LogP contribution < -0.4 is 0 Å². The normalized spacial score (nSPS) is 15.9. The van der Waals surface area contributed by atoms with E-state index in [-0.39, 0.29) is 11.5 Å². The second kappa shape index (κ2) is 7.13. The fourth-order valence-corrected chi connectivity index (χ4v) is 3.60. The number of carbonyl (C=O) groups is 1. The maximum atomic E-state index is 12.9. The van der Waals surface area contributed by atoms with E-state index in [4.69, 9.17) is 16.0 Å². The molecule has 2 aromatic carbocycles. The van der Waals surface area contributed by atoms with Crippen molar-refractivity contribution in [2.24, 2.45) is 0 Å². The van der Waals surface area contributed by atoms with Gasteiger partial charge in [-0.15, -0.1) is 0 Å². The summed E-state index contributed by atoms with van der Waals surface area (Å²) >= 11 is 5.97. The van der Waals surface area contributed by atoms with E-state index < -0.39 is 17.6 Å². The predicted molar refractivity (Wildman–Crippen MR) is 98.3 cm³/mol. The third kappa shape index (κ3) is 3.71. The molecule has 0 spiro atoms. The van der Waals surface area contributed by atoms with Gasteiger partial charge in [0, 0.05) is 29.6 Å². The van der Waals surface area contributed by atoms with Crippen molar-refractivity contribution >= 4 is 28.6 Å². The minimum absolute atomic E-state index is 0.0461. The lowest BCUT2D eigenvalue weighted by Crippen LogP contribution is -2.38. The van der Waals surface area contributed by atoms with E-state index >= 15 is 0 Å². The Balaban J connectivity index is 1.45. The molecule has 1 saturated heterocycles. The molecule has 146 valence electrons. The third-order valence-electron chi connectivity index (χ3n) is 4.93. The average Bonchev–Trinajstić information content (AvgIpc) is 3.10. The Morgan fingerprint density at radius 2 is 1.89 bits per heavy atom. The molecule has 1 fully saturated rings. The molecule has 0 saturated carbocycles. The fourth-order valence-electron chi connectivity index (χ4n) is 3.43. The quantitative estimate of drug-likeness (QED) is 0.561. The highest BCUT2D eigenvalue weighted by molar-refractivity contribution is 6.31. The van der Waals surface area contributed by atoms with Gasteiger partial charge < -0.3 is 9.32 Å². The number of nitrogens with zero attached hydrogens (tertiary/aromatic N) is 2. The predicted octanol–water partition coefficient (Wildman–Crippen LogP) is 5.52. The molecule has 2 heterocycles. The Morgan fingerprint density at radius 1 is 1.14 bits per heavy atom. The Kier molecular flexibility index (Phi) is 4.79. The first-order valence-corrected chi connectivity index (χ1v) is 9.21. The van der Waals surface area contributed by atoms with Crippen molar-refractivity contribution in [3.05, 3.63) is 64.5 Å². The van der Waals surface area contributed by atoms with Gasteiger partial charge in [-0.3, -0.25) is 4.79 Å². The molecule has 0 bridgehead atoms. The third-order valence-corrected chi connectivity index (χ3v) is 5.17. The van der Waals surface area contributed by atoms with Crippen molar-refractivity contribution < 1.29 is 22.4 Å². The second-order valence-electron chi connectivity index (χ2n) is 6.81. The number of halogens is 4. The summed E-state index contributed by atoms with van der Waals surface area (Å²) < 4.78 is 44.4. The number of hydrogen-bond acceptors (Lipinski definition) is 3. The zero-order valence-corrected chi connectivity index (χ0v) is 15.4. The minimum Gasteiger partial charge on any atom is -0.440 e. The summed E-state index contributed by atoms with van der Waals surface area (Å²) in [6, 6.07) is 9.76. The van der Waals surface area contributed by atoms with Gasteiger partial charge in [-0.1, -0.05) is 17.7 Å². The number of amides is 1. The number of benzene rings is 2. The lowest BCUT2D eigenvalue weighted by molar-refractivity contribution is -0.137. The molecule has 0 aliphatic carbocycles. The number of oxazole rings is 1. The van der Waals surface area contributed by atoms with Crippen LogP contribution in [0.15, 0.2) is 46.9 Å². The molecule has 8 heteroatoms. The molecule has 1 aliphatic rings. The van der Waals surface area contributed by atoms with Gasteiger partial charge in [-0.2, -0.15) is 13.2 Å². The van der Waals surface area contributed by atoms with Crippen LogP contribution in [0.1, 0.15) is 40.6 Å². The summed E-state index contributed by atoms with van der Waals surface area (Å²) in [7, 11) is 0. The van der Waals surface area contributed by atoms with Gasteiger partial charge in [-0.25, -0.2) is 4.98 Å². The monoisotopic (exact) mass is 408 g/mol. The molecule has 4 nitrogen and oxygen atoms in total. The van der Waals surface area contributed by atoms with Crippen LogP contribution in [0.2, 0.25) is 5.02 Å². The van der Waals surface area contributed by atoms with E-state index in [0.717, 1.165) is 12.1 Å². The fraction of sp³-hybridized carbons (Fsp3) is 0.300. The van der Waals surface area contributed by atoms with Crippen LogP contribution in [-0.4, -0.2) is 28.9 Å². The number of hydrogen-bond donors (Lipinski definition) is 0. The Morgan fingerprint density at radius 3 is 2.61 bits per heavy atom. The van der Waals surface area contributed by atoms with Crippen LogP contribution in [0.4, 0.5) is 13.2 Å². The van der Waals surface area contributed by atoms with Crippen molar-refractivity contribution in [1.29, 1.82) is 0 Å². The lowest BCUT2D eigenvalue weighted by Gasteiger charge is -2.30. The van der Waals surface area contributed by atoms with Crippen molar-refractivity contribution in [2.45, 2.75) is 24.9 Å². The molecule has 0 unspecified atom stereocenters. The zero-order valence-electron chi connectivity index (χ0n) is 14.7. The molecular formula is C20H16ClF3N2O2. The van der Waals surface area contributed by atoms with Crippen LogP contribution in [-0.2, 0) is 6.18 Å². The average molecular weight is 409 g/mol. The number of rotatable bonds is 2. The summed E-state index contributed by atoms with van der Waals surface area (Å²) in [6.07, 6.45) is -3.21. The summed E-state index contributed by atoms with van der Waals surface area (Å²) in [6.45, 7) is 0.860. The van der Waals surface area contributed by atoms with E-state index in [1.807, 2.05) is 0 Å². The van der Waals surface area contributed by atoms with Crippen LogP contribution in [0.3, 0.4) is 0 Å². The van der Waals surface area contributed by atoms with Gasteiger partial charge in [0.05, 0.1) is 5.56 Å². The van der Waals surface area contributed by atoms with E-state index in [9.17, 15) is 18.0 Å². The maximum absolute atomic E-state index is 12.9. The van der Waals surface area contributed by atoms with Crippen molar-refractivity contribution in [3.63, 3.8) is 0 Å². The van der Waals surface area contributed by atoms with E-state index in [1.54, 1.807) is 23.1 Å². The smallest absolute Gasteiger partial charge is 0.416 e. The first kappa shape index (κ1) is 18.8. The van der Waals surface area contributed by atoms with Gasteiger partial charge in [-0.05, 0) is 49.2 Å². The van der Waals surface area contributed by atoms with Crippen LogP contribution in [0.5, 0.6) is 0 Å². The molecule has 3 aromatic rings. The van der Waals surface area contributed by atoms with E-state index in [0.29, 0.717) is 47.9 Å². The number of aromatic nitrogens is 1. The summed E-state index contributed by atoms with van der Waals surface area (Å²) in [5.41, 5.74) is 0.565. The van der Waals surface area contributed by atoms with Crippen molar-refractivity contribution in [2.75, 3.05) is 13.1 Å². The molecule has 1 aromatic heterocycles. The summed E-state index contributed by atoms with van der Waals surface area (Å²) in [4.78, 5) is 18.7. The topological polar surface area (TPSA) is 46.3 Å². The Bertz CT molecular complexity index is 1020. The van der Waals surface area contributed by atoms with Gasteiger partial charge >= 0.3 is 6.18 Å². The Labute approximate surface area is 163 Å². The lowest BCUT2D eigenvalue weighted by atomic mass is 9.96. The molecule has 0 radical (unpaired) electrons. The first-order valence-electron chi connectivity index (χ1n) is 8.84. The summed E-state index contributed by atoms with van der Waals surface area (Å²) in [5, 5.41) is 0.578. The van der Waals surface area contributed by atoms with Crippen molar-refractivity contribution in [1.82, 2.24) is 9.88 Å². The Hall–Kier alpha value is -2.54. The minimum atomic E-state index is -4.47. The van der Waals surface area contributed by atoms with Gasteiger partial charge in [0.15, 0.2) is 11.5 Å². The number of piperidine rings is 1. The highest BCUT2D eigenvalue weighted by atomic mass is 35.5. The van der Waals surface area contributed by atoms with Gasteiger partial charge in [0.2, 0.25) is 0 Å². The van der Waals surface area contributed by atoms with E-state index in [2.05, 4.69) is 4.98 Å². The highest BCUT2D eigenvalue weighted by Crippen LogP contribution is 2.32. The van der Waals surface area contributed by atoms with Crippen LogP contribution in [0.25, 0.3) is 11.1 Å². The first-order chi connectivity index (χ1) is 13.3. The molecule has 1 amide bonds. The van der Waals surface area contributed by atoms with Crippen LogP contribution in [0, 0.1) is 0 Å². The number of fused-ring (bicyclic) bond motifs is 1. The molecule has 0 N–H and O–H groups in total. The SMILES string of the molecule is O=C(c1cccc(C(F)(F)F)c1)N1CCC(c2nc3cc(Cl)ccc3o2)CC1. The maximum Gasteiger partial charge on any atom is 0.416 e. The molecule has 1 aliphatic heterocycles. The molecular weight excluding hydrogens is 393 g/mol. The number of likely N-dealkylation sites (tertiary alicyclic amines) is 1. The highest BCUT2D eigenvalue weighted by Gasteiger charge is 2.32.